The van der Waals surface area contributed by atoms with Crippen LogP contribution in [-0.2, 0) is 16.1 Å². The highest BCUT2D eigenvalue weighted by Crippen LogP contribution is 2.09. The summed E-state index contributed by atoms with van der Waals surface area (Å²) in [4.78, 5) is 15.8. The van der Waals surface area contributed by atoms with E-state index in [1.807, 2.05) is 17.7 Å². The first kappa shape index (κ1) is 14.0. The van der Waals surface area contributed by atoms with Crippen LogP contribution in [0.3, 0.4) is 0 Å². The van der Waals surface area contributed by atoms with E-state index in [0.717, 1.165) is 5.82 Å². The smallest absolute Gasteiger partial charge is 0.222 e. The molecule has 0 bridgehead atoms. The van der Waals surface area contributed by atoms with E-state index in [4.69, 9.17) is 4.74 Å². The Labute approximate surface area is 111 Å². The molecule has 3 atom stereocenters. The van der Waals surface area contributed by atoms with E-state index >= 15 is 0 Å². The summed E-state index contributed by atoms with van der Waals surface area (Å²) >= 11 is 0. The number of aliphatic hydroxyl groups excluding tert-OH is 2. The Hall–Kier alpha value is -1.44. The quantitative estimate of drug-likeness (QED) is 0.639. The summed E-state index contributed by atoms with van der Waals surface area (Å²) in [6.45, 7) is 2.72. The Morgan fingerprint density at radius 3 is 3.05 bits per heavy atom. The van der Waals surface area contributed by atoms with E-state index in [1.165, 1.54) is 0 Å². The molecule has 7 heteroatoms. The van der Waals surface area contributed by atoms with Crippen LogP contribution in [0.2, 0.25) is 0 Å². The summed E-state index contributed by atoms with van der Waals surface area (Å²) < 4.78 is 6.97. The molecule has 2 heterocycles. The van der Waals surface area contributed by atoms with Gasteiger partial charge >= 0.3 is 0 Å². The third-order valence-electron chi connectivity index (χ3n) is 3.24. The van der Waals surface area contributed by atoms with Gasteiger partial charge in [-0.1, -0.05) is 0 Å². The number of carbonyl (C=O) groups is 1. The largest absolute Gasteiger partial charge is 0.388 e. The third kappa shape index (κ3) is 3.52. The number of carbonyl (C=O) groups excluding carboxylic acids is 1. The first-order chi connectivity index (χ1) is 9.08. The van der Waals surface area contributed by atoms with Crippen molar-refractivity contribution in [2.75, 3.05) is 13.2 Å². The lowest BCUT2D eigenvalue weighted by atomic mass is 10.0. The average Bonchev–Trinajstić information content (AvgIpc) is 2.78. The molecule has 19 heavy (non-hydrogen) atoms. The van der Waals surface area contributed by atoms with Crippen molar-refractivity contribution in [3.8, 4) is 0 Å². The molecule has 0 saturated carbocycles. The lowest BCUT2D eigenvalue weighted by Gasteiger charge is -2.32. The fourth-order valence-electron chi connectivity index (χ4n) is 2.05. The highest BCUT2D eigenvalue weighted by atomic mass is 16.5. The maximum Gasteiger partial charge on any atom is 0.222 e. The Bertz CT molecular complexity index is 434. The van der Waals surface area contributed by atoms with Gasteiger partial charge in [-0.05, 0) is 6.92 Å². The summed E-state index contributed by atoms with van der Waals surface area (Å²) in [5, 5.41) is 21.8. The maximum absolute atomic E-state index is 11.8. The molecule has 1 amide bonds. The van der Waals surface area contributed by atoms with Crippen LogP contribution < -0.4 is 5.32 Å². The van der Waals surface area contributed by atoms with Gasteiger partial charge < -0.3 is 24.8 Å². The highest BCUT2D eigenvalue weighted by Gasteiger charge is 2.32. The lowest BCUT2D eigenvalue weighted by molar-refractivity contribution is -0.131. The van der Waals surface area contributed by atoms with Crippen LogP contribution in [0.1, 0.15) is 12.2 Å². The average molecular weight is 269 g/mol. The molecule has 0 spiro atoms. The van der Waals surface area contributed by atoms with Gasteiger partial charge in [0.15, 0.2) is 0 Å². The van der Waals surface area contributed by atoms with E-state index in [-0.39, 0.29) is 25.5 Å². The van der Waals surface area contributed by atoms with Crippen LogP contribution in [0.5, 0.6) is 0 Å². The van der Waals surface area contributed by atoms with Gasteiger partial charge in [0.1, 0.15) is 18.0 Å². The van der Waals surface area contributed by atoms with Crippen molar-refractivity contribution in [3.05, 3.63) is 18.2 Å². The molecule has 2 rings (SSSR count). The SMILES string of the molecule is Cc1nccn1CCC(=O)N[C@@H]1COC[C@@H](O)[C@H]1O. The molecule has 0 unspecified atom stereocenters. The van der Waals surface area contributed by atoms with Crippen LogP contribution in [0.15, 0.2) is 12.4 Å². The normalized spacial score (nSPS) is 27.2. The Morgan fingerprint density at radius 1 is 1.58 bits per heavy atom. The first-order valence-electron chi connectivity index (χ1n) is 6.29. The molecular weight excluding hydrogens is 250 g/mol. The first-order valence-corrected chi connectivity index (χ1v) is 6.29. The van der Waals surface area contributed by atoms with Gasteiger partial charge in [-0.3, -0.25) is 4.79 Å². The lowest BCUT2D eigenvalue weighted by Crippen LogP contribution is -2.55. The van der Waals surface area contributed by atoms with Crippen molar-refractivity contribution in [2.45, 2.75) is 38.1 Å². The zero-order valence-corrected chi connectivity index (χ0v) is 10.8. The zero-order chi connectivity index (χ0) is 13.8. The number of aliphatic hydroxyl groups is 2. The van der Waals surface area contributed by atoms with E-state index in [2.05, 4.69) is 10.3 Å². The third-order valence-corrected chi connectivity index (χ3v) is 3.24. The maximum atomic E-state index is 11.8. The number of amides is 1. The summed E-state index contributed by atoms with van der Waals surface area (Å²) in [6.07, 6.45) is 1.85. The molecule has 0 aliphatic carbocycles. The number of aromatic nitrogens is 2. The zero-order valence-electron chi connectivity index (χ0n) is 10.8. The van der Waals surface area contributed by atoms with E-state index in [9.17, 15) is 15.0 Å². The molecule has 1 aliphatic heterocycles. The number of aryl methyl sites for hydroxylation is 2. The molecule has 1 aliphatic rings. The molecular formula is C12H19N3O4. The van der Waals surface area contributed by atoms with Crippen molar-refractivity contribution in [3.63, 3.8) is 0 Å². The van der Waals surface area contributed by atoms with Gasteiger partial charge in [0.05, 0.1) is 19.3 Å². The minimum atomic E-state index is -0.979. The standard InChI is InChI=1S/C12H19N3O4/c1-8-13-3-5-15(8)4-2-11(17)14-9-6-19-7-10(16)12(9)18/h3,5,9-10,12,16,18H,2,4,6-7H2,1H3,(H,14,17)/t9-,10-,12+/m1/s1. The molecule has 1 fully saturated rings. The minimum absolute atomic E-state index is 0.0990. The molecule has 1 aromatic rings. The van der Waals surface area contributed by atoms with E-state index < -0.39 is 18.2 Å². The van der Waals surface area contributed by atoms with Crippen molar-refractivity contribution >= 4 is 5.91 Å². The molecule has 1 aromatic heterocycles. The Morgan fingerprint density at radius 2 is 2.37 bits per heavy atom. The second-order valence-corrected chi connectivity index (χ2v) is 4.69. The number of imidazole rings is 1. The van der Waals surface area contributed by atoms with Crippen LogP contribution >= 0.6 is 0 Å². The van der Waals surface area contributed by atoms with Crippen molar-refractivity contribution < 1.29 is 19.7 Å². The number of nitrogens with one attached hydrogen (secondary N) is 1. The highest BCUT2D eigenvalue weighted by molar-refractivity contribution is 5.76. The molecule has 0 aromatic carbocycles. The molecule has 3 N–H and O–H groups in total. The predicted molar refractivity (Wildman–Crippen MR) is 66.3 cm³/mol. The molecule has 1 saturated heterocycles. The van der Waals surface area contributed by atoms with Gasteiger partial charge in [-0.25, -0.2) is 4.98 Å². The number of nitrogens with zero attached hydrogens (tertiary/aromatic N) is 2. The van der Waals surface area contributed by atoms with Crippen molar-refractivity contribution in [1.82, 2.24) is 14.9 Å². The number of ether oxygens (including phenoxy) is 1. The number of rotatable bonds is 4. The summed E-state index contributed by atoms with van der Waals surface area (Å²) in [7, 11) is 0. The van der Waals surface area contributed by atoms with Gasteiger partial charge in [0, 0.05) is 25.4 Å². The molecule has 106 valence electrons. The topological polar surface area (TPSA) is 96.6 Å². The summed E-state index contributed by atoms with van der Waals surface area (Å²) in [5.74, 6) is 0.666. The predicted octanol–water partition coefficient (Wildman–Crippen LogP) is -1.18. The Kier molecular flexibility index (Phi) is 4.52. The van der Waals surface area contributed by atoms with Crippen LogP contribution in [0, 0.1) is 6.92 Å². The number of hydrogen-bond donors (Lipinski definition) is 3. The van der Waals surface area contributed by atoms with Crippen molar-refractivity contribution in [1.29, 1.82) is 0 Å². The van der Waals surface area contributed by atoms with E-state index in [1.54, 1.807) is 6.20 Å². The van der Waals surface area contributed by atoms with Crippen molar-refractivity contribution in [2.24, 2.45) is 0 Å². The van der Waals surface area contributed by atoms with E-state index in [0.29, 0.717) is 6.54 Å². The number of hydrogen-bond acceptors (Lipinski definition) is 5. The van der Waals surface area contributed by atoms with Gasteiger partial charge in [-0.15, -0.1) is 0 Å². The van der Waals surface area contributed by atoms with Crippen LogP contribution in [-0.4, -0.2) is 57.1 Å². The second kappa shape index (κ2) is 6.14. The minimum Gasteiger partial charge on any atom is -0.388 e. The van der Waals surface area contributed by atoms with Gasteiger partial charge in [0.25, 0.3) is 0 Å². The van der Waals surface area contributed by atoms with Crippen LogP contribution in [0.4, 0.5) is 0 Å². The summed E-state index contributed by atoms with van der Waals surface area (Å²) in [6, 6.07) is -0.555. The molecule has 7 nitrogen and oxygen atoms in total. The second-order valence-electron chi connectivity index (χ2n) is 4.69. The Balaban J connectivity index is 1.79. The molecule has 0 radical (unpaired) electrons. The fourth-order valence-corrected chi connectivity index (χ4v) is 2.05. The van der Waals surface area contributed by atoms with Crippen LogP contribution in [0.25, 0.3) is 0 Å². The monoisotopic (exact) mass is 269 g/mol. The van der Waals surface area contributed by atoms with Gasteiger partial charge in [0.2, 0.25) is 5.91 Å². The van der Waals surface area contributed by atoms with Gasteiger partial charge in [-0.2, -0.15) is 0 Å². The fraction of sp³-hybridized carbons (Fsp3) is 0.667. The summed E-state index contributed by atoms with van der Waals surface area (Å²) in [5.41, 5.74) is 0.